The minimum Gasteiger partial charge on any atom is -0.338 e. The molecule has 1 saturated carbocycles. The van der Waals surface area contributed by atoms with Crippen molar-refractivity contribution >= 4 is 6.03 Å². The number of carbonyl (C=O) groups excluding carboxylic acids is 1. The van der Waals surface area contributed by atoms with Gasteiger partial charge in [0.15, 0.2) is 5.41 Å². The predicted molar refractivity (Wildman–Crippen MR) is 98.9 cm³/mol. The molecule has 2 heterocycles. The van der Waals surface area contributed by atoms with Crippen LogP contribution in [-0.4, -0.2) is 46.9 Å². The number of likely N-dealkylation sites (tertiary alicyclic amines) is 1. The van der Waals surface area contributed by atoms with Crippen LogP contribution in [0.3, 0.4) is 0 Å². The number of rotatable bonds is 5. The smallest absolute Gasteiger partial charge is 0.338 e. The number of nitriles is 1. The lowest BCUT2D eigenvalue weighted by Gasteiger charge is -2.28. The Bertz CT molecular complexity index is 1010. The maximum absolute atomic E-state index is 14.1. The molecule has 1 atom stereocenters. The van der Waals surface area contributed by atoms with Crippen molar-refractivity contribution in [1.82, 2.24) is 20.4 Å². The summed E-state index contributed by atoms with van der Waals surface area (Å²) in [5, 5.41) is 15.1. The van der Waals surface area contributed by atoms with E-state index in [1.165, 1.54) is 12.1 Å². The Labute approximate surface area is 175 Å². The molecule has 1 aromatic heterocycles. The molecule has 2 amide bonds. The van der Waals surface area contributed by atoms with Gasteiger partial charge in [-0.05, 0) is 43.5 Å². The van der Waals surface area contributed by atoms with E-state index in [1.807, 2.05) is 0 Å². The molecular formula is C20H19F4N5O2. The molecule has 1 aliphatic carbocycles. The number of aromatic nitrogens is 2. The third kappa shape index (κ3) is 3.94. The molecule has 0 radical (unpaired) electrons. The largest absolute Gasteiger partial charge is 0.405 e. The number of nitrogens with zero attached hydrogens (tertiary/aromatic N) is 4. The van der Waals surface area contributed by atoms with Gasteiger partial charge in [0.05, 0.1) is 6.07 Å². The van der Waals surface area contributed by atoms with Crippen LogP contribution in [0.4, 0.5) is 22.4 Å². The zero-order chi connectivity index (χ0) is 22.3. The van der Waals surface area contributed by atoms with E-state index < -0.39 is 42.3 Å². The summed E-state index contributed by atoms with van der Waals surface area (Å²) in [5.74, 6) is -1.22. The van der Waals surface area contributed by atoms with Crippen molar-refractivity contribution in [2.75, 3.05) is 19.6 Å². The van der Waals surface area contributed by atoms with E-state index in [0.29, 0.717) is 12.0 Å². The molecule has 1 aliphatic heterocycles. The van der Waals surface area contributed by atoms with E-state index in [1.54, 1.807) is 0 Å². The molecule has 2 aliphatic rings. The minimum atomic E-state index is -4.73. The van der Waals surface area contributed by atoms with Crippen molar-refractivity contribution in [2.24, 2.45) is 5.41 Å². The van der Waals surface area contributed by atoms with Crippen molar-refractivity contribution in [3.63, 3.8) is 0 Å². The highest BCUT2D eigenvalue weighted by Gasteiger charge is 2.63. The average molecular weight is 437 g/mol. The maximum atomic E-state index is 14.1. The van der Waals surface area contributed by atoms with Crippen molar-refractivity contribution < 1.29 is 26.9 Å². The van der Waals surface area contributed by atoms with E-state index in [4.69, 9.17) is 9.78 Å². The van der Waals surface area contributed by atoms with Gasteiger partial charge in [0, 0.05) is 37.0 Å². The van der Waals surface area contributed by atoms with Crippen molar-refractivity contribution in [3.8, 4) is 17.5 Å². The van der Waals surface area contributed by atoms with E-state index in [9.17, 15) is 22.4 Å². The molecule has 31 heavy (non-hydrogen) atoms. The first-order valence-electron chi connectivity index (χ1n) is 9.75. The molecule has 1 unspecified atom stereocenters. The highest BCUT2D eigenvalue weighted by molar-refractivity contribution is 5.75. The van der Waals surface area contributed by atoms with Crippen LogP contribution in [-0.2, 0) is 5.41 Å². The first-order valence-corrected chi connectivity index (χ1v) is 9.75. The van der Waals surface area contributed by atoms with Gasteiger partial charge in [0.25, 0.3) is 0 Å². The topological polar surface area (TPSA) is 95.1 Å². The molecule has 0 bridgehead atoms. The van der Waals surface area contributed by atoms with Gasteiger partial charge in [-0.1, -0.05) is 5.16 Å². The molecule has 2 fully saturated rings. The van der Waals surface area contributed by atoms with Crippen LogP contribution in [0.1, 0.15) is 31.6 Å². The standard InChI is InChI=1S/C20H19F4N5O2/c21-14-3-1-13(2-4-14)15-27-16(31-28-15)19(20(22,23)24)8-10-29(12-19)17(30)26-11-18(5-6-18)7-9-25/h1-4H,5-8,10-12H2,(H,26,30). The third-order valence-corrected chi connectivity index (χ3v) is 6.06. The van der Waals surface area contributed by atoms with Crippen LogP contribution in [0.25, 0.3) is 11.4 Å². The zero-order valence-electron chi connectivity index (χ0n) is 16.4. The lowest BCUT2D eigenvalue weighted by Crippen LogP contribution is -2.48. The normalized spacial score (nSPS) is 22.2. The van der Waals surface area contributed by atoms with Gasteiger partial charge >= 0.3 is 12.2 Å². The number of amides is 2. The van der Waals surface area contributed by atoms with Gasteiger partial charge in [-0.15, -0.1) is 0 Å². The number of halogens is 4. The lowest BCUT2D eigenvalue weighted by atomic mass is 9.86. The van der Waals surface area contributed by atoms with Crippen LogP contribution in [0.15, 0.2) is 28.8 Å². The first kappa shape index (κ1) is 21.1. The SMILES string of the molecule is N#CCC1(CNC(=O)N2CCC(c3nc(-c4ccc(F)cc4)no3)(C(F)(F)F)C2)CC1. The van der Waals surface area contributed by atoms with E-state index >= 15 is 0 Å². The molecule has 164 valence electrons. The van der Waals surface area contributed by atoms with E-state index in [2.05, 4.69) is 21.5 Å². The highest BCUT2D eigenvalue weighted by atomic mass is 19.4. The quantitative estimate of drug-likeness (QED) is 0.719. The summed E-state index contributed by atoms with van der Waals surface area (Å²) in [6.07, 6.45) is -3.23. The van der Waals surface area contributed by atoms with E-state index in [-0.39, 0.29) is 24.3 Å². The average Bonchev–Trinajstić information content (AvgIpc) is 3.13. The summed E-state index contributed by atoms with van der Waals surface area (Å²) < 4.78 is 60.4. The Morgan fingerprint density at radius 3 is 2.58 bits per heavy atom. The van der Waals surface area contributed by atoms with Crippen LogP contribution < -0.4 is 5.32 Å². The lowest BCUT2D eigenvalue weighted by molar-refractivity contribution is -0.193. The summed E-state index contributed by atoms with van der Waals surface area (Å²) in [7, 11) is 0. The summed E-state index contributed by atoms with van der Waals surface area (Å²) in [5.41, 5.74) is -2.44. The van der Waals surface area contributed by atoms with E-state index in [0.717, 1.165) is 29.9 Å². The molecule has 0 spiro atoms. The van der Waals surface area contributed by atoms with Gasteiger partial charge in [-0.25, -0.2) is 9.18 Å². The summed E-state index contributed by atoms with van der Waals surface area (Å²) in [6, 6.07) is 6.43. The summed E-state index contributed by atoms with van der Waals surface area (Å²) in [4.78, 5) is 17.5. The number of urea groups is 1. The highest BCUT2D eigenvalue weighted by Crippen LogP contribution is 2.49. The Hall–Kier alpha value is -3.16. The molecule has 2 aromatic rings. The Morgan fingerprint density at radius 2 is 1.97 bits per heavy atom. The minimum absolute atomic E-state index is 0.0892. The van der Waals surface area contributed by atoms with Crippen LogP contribution >= 0.6 is 0 Å². The second kappa shape index (κ2) is 7.51. The number of carbonyl (C=O) groups is 1. The number of hydrogen-bond acceptors (Lipinski definition) is 5. The maximum Gasteiger partial charge on any atom is 0.405 e. The predicted octanol–water partition coefficient (Wildman–Crippen LogP) is 3.78. The molecule has 11 heteroatoms. The second-order valence-electron chi connectivity index (χ2n) is 8.18. The van der Waals surface area contributed by atoms with Crippen molar-refractivity contribution in [2.45, 2.75) is 37.3 Å². The fraction of sp³-hybridized carbons (Fsp3) is 0.500. The van der Waals surface area contributed by atoms with Crippen LogP contribution in [0, 0.1) is 22.6 Å². The number of alkyl halides is 3. The Balaban J connectivity index is 1.51. The van der Waals surface area contributed by atoms with Gasteiger partial charge in [0.1, 0.15) is 5.82 Å². The van der Waals surface area contributed by atoms with Crippen LogP contribution in [0.2, 0.25) is 0 Å². The number of nitrogens with one attached hydrogen (secondary N) is 1. The zero-order valence-corrected chi connectivity index (χ0v) is 16.4. The molecule has 1 N–H and O–H groups in total. The Kier molecular flexibility index (Phi) is 5.11. The molecule has 7 nitrogen and oxygen atoms in total. The van der Waals surface area contributed by atoms with Gasteiger partial charge in [-0.2, -0.15) is 23.4 Å². The van der Waals surface area contributed by atoms with Gasteiger partial charge < -0.3 is 14.7 Å². The second-order valence-corrected chi connectivity index (χ2v) is 8.18. The molecule has 4 rings (SSSR count). The fourth-order valence-electron chi connectivity index (χ4n) is 3.78. The van der Waals surface area contributed by atoms with Gasteiger partial charge in [0.2, 0.25) is 11.7 Å². The molecule has 1 aromatic carbocycles. The Morgan fingerprint density at radius 1 is 1.26 bits per heavy atom. The number of hydrogen-bond donors (Lipinski definition) is 1. The van der Waals surface area contributed by atoms with Crippen LogP contribution in [0.5, 0.6) is 0 Å². The monoisotopic (exact) mass is 437 g/mol. The summed E-state index contributed by atoms with van der Waals surface area (Å²) >= 11 is 0. The molecular weight excluding hydrogens is 418 g/mol. The summed E-state index contributed by atoms with van der Waals surface area (Å²) in [6.45, 7) is -0.534. The van der Waals surface area contributed by atoms with Gasteiger partial charge in [-0.3, -0.25) is 0 Å². The fourth-order valence-corrected chi connectivity index (χ4v) is 3.78. The third-order valence-electron chi connectivity index (χ3n) is 6.06. The number of benzene rings is 1. The first-order chi connectivity index (χ1) is 14.7. The van der Waals surface area contributed by atoms with Crippen molar-refractivity contribution in [1.29, 1.82) is 5.26 Å². The molecule has 1 saturated heterocycles. The van der Waals surface area contributed by atoms with Crippen molar-refractivity contribution in [3.05, 3.63) is 36.0 Å².